The van der Waals surface area contributed by atoms with Crippen molar-refractivity contribution in [2.45, 2.75) is 19.4 Å². The van der Waals surface area contributed by atoms with Crippen LogP contribution in [0.5, 0.6) is 0 Å². The van der Waals surface area contributed by atoms with Crippen molar-refractivity contribution >= 4 is 29.3 Å². The van der Waals surface area contributed by atoms with Gasteiger partial charge in [-0.3, -0.25) is 0 Å². The normalized spacial score (nSPS) is 12.1. The van der Waals surface area contributed by atoms with Gasteiger partial charge in [0.05, 0.1) is 5.69 Å². The summed E-state index contributed by atoms with van der Waals surface area (Å²) < 4.78 is 0. The molecule has 2 N–H and O–H groups in total. The van der Waals surface area contributed by atoms with Crippen LogP contribution >= 0.6 is 11.6 Å². The lowest BCUT2D eigenvalue weighted by molar-refractivity contribution is -0.139. The average Bonchev–Trinajstić information content (AvgIpc) is 2.56. The number of rotatable bonds is 5. The average molecular weight is 346 g/mol. The van der Waals surface area contributed by atoms with Crippen molar-refractivity contribution in [3.05, 3.63) is 64.7 Å². The summed E-state index contributed by atoms with van der Waals surface area (Å²) in [4.78, 5) is 23.1. The molecule has 0 saturated heterocycles. The molecule has 2 rings (SSSR count). The summed E-state index contributed by atoms with van der Waals surface area (Å²) >= 11 is 5.97. The number of aliphatic carboxylic acids is 1. The Morgan fingerprint density at radius 1 is 1.21 bits per heavy atom. The second-order valence-electron chi connectivity index (χ2n) is 5.16. The molecule has 2 aromatic rings. The summed E-state index contributed by atoms with van der Waals surface area (Å²) in [5.74, 6) is -1.14. The number of hydrogen-bond donors (Lipinski definition) is 2. The highest BCUT2D eigenvalue weighted by atomic mass is 35.5. The number of azo groups is 1. The third-order valence-electron chi connectivity index (χ3n) is 3.29. The Kier molecular flexibility index (Phi) is 6.03. The van der Waals surface area contributed by atoms with Gasteiger partial charge in [0, 0.05) is 11.4 Å². The van der Waals surface area contributed by atoms with E-state index in [1.165, 1.54) is 0 Å². The van der Waals surface area contributed by atoms with Crippen molar-refractivity contribution in [2.75, 3.05) is 0 Å². The number of nitrogens with one attached hydrogen (secondary N) is 1. The van der Waals surface area contributed by atoms with Crippen LogP contribution in [-0.4, -0.2) is 23.1 Å². The van der Waals surface area contributed by atoms with Crippen LogP contribution in [0, 0.1) is 6.92 Å². The lowest BCUT2D eigenvalue weighted by atomic mass is 10.1. The number of carbonyl (C=O) groups excluding carboxylic acids is 1. The number of halogens is 1. The van der Waals surface area contributed by atoms with Crippen LogP contribution in [0.1, 0.15) is 11.1 Å². The minimum Gasteiger partial charge on any atom is -0.480 e. The van der Waals surface area contributed by atoms with Crippen LogP contribution in [0.2, 0.25) is 5.02 Å². The molecule has 0 saturated carbocycles. The number of urea groups is 1. The number of carbonyl (C=O) groups is 2. The van der Waals surface area contributed by atoms with E-state index in [-0.39, 0.29) is 6.42 Å². The Morgan fingerprint density at radius 3 is 2.54 bits per heavy atom. The zero-order valence-electron chi connectivity index (χ0n) is 12.9. The van der Waals surface area contributed by atoms with Crippen LogP contribution in [0.15, 0.2) is 58.8 Å². The summed E-state index contributed by atoms with van der Waals surface area (Å²) in [6, 6.07) is 12.1. The van der Waals surface area contributed by atoms with Crippen molar-refractivity contribution in [1.29, 1.82) is 0 Å². The summed E-state index contributed by atoms with van der Waals surface area (Å²) in [6.45, 7) is 1.84. The number of hydrogen-bond acceptors (Lipinski definition) is 3. The quantitative estimate of drug-likeness (QED) is 0.798. The van der Waals surface area contributed by atoms with E-state index in [0.29, 0.717) is 10.7 Å². The van der Waals surface area contributed by atoms with Crippen LogP contribution in [0.3, 0.4) is 0 Å². The molecule has 1 atom stereocenters. The molecular formula is C17H16ClN3O3. The van der Waals surface area contributed by atoms with Crippen molar-refractivity contribution in [1.82, 2.24) is 5.32 Å². The SMILES string of the molecule is Cc1ccc(/N=N/C(=O)NC(Cc2ccccc2)C(=O)O)cc1Cl. The first kappa shape index (κ1) is 17.6. The van der Waals surface area contributed by atoms with E-state index in [9.17, 15) is 14.7 Å². The third kappa shape index (κ3) is 5.17. The Hall–Kier alpha value is -2.73. The van der Waals surface area contributed by atoms with E-state index in [4.69, 9.17) is 11.6 Å². The lowest BCUT2D eigenvalue weighted by Gasteiger charge is -2.12. The van der Waals surface area contributed by atoms with Crippen LogP contribution < -0.4 is 5.32 Å². The number of carboxylic acids is 1. The monoisotopic (exact) mass is 345 g/mol. The number of benzene rings is 2. The Balaban J connectivity index is 2.01. The maximum Gasteiger partial charge on any atom is 0.360 e. The molecule has 0 radical (unpaired) electrons. The van der Waals surface area contributed by atoms with Crippen molar-refractivity contribution in [3.8, 4) is 0 Å². The third-order valence-corrected chi connectivity index (χ3v) is 3.70. The first-order valence-electron chi connectivity index (χ1n) is 7.21. The van der Waals surface area contributed by atoms with E-state index >= 15 is 0 Å². The van der Waals surface area contributed by atoms with Gasteiger partial charge in [0.25, 0.3) is 0 Å². The van der Waals surface area contributed by atoms with E-state index in [1.54, 1.807) is 42.5 Å². The van der Waals surface area contributed by atoms with E-state index in [1.807, 2.05) is 13.0 Å². The summed E-state index contributed by atoms with van der Waals surface area (Å²) in [6.07, 6.45) is 0.161. The van der Waals surface area contributed by atoms with Gasteiger partial charge in [0.1, 0.15) is 6.04 Å². The van der Waals surface area contributed by atoms with E-state index in [2.05, 4.69) is 15.5 Å². The summed E-state index contributed by atoms with van der Waals surface area (Å²) in [5.41, 5.74) is 2.09. The highest BCUT2D eigenvalue weighted by molar-refractivity contribution is 6.31. The number of amides is 2. The van der Waals surface area contributed by atoms with Gasteiger partial charge in [-0.1, -0.05) is 53.1 Å². The summed E-state index contributed by atoms with van der Waals surface area (Å²) in [5, 5.41) is 19.3. The maximum atomic E-state index is 11.8. The smallest absolute Gasteiger partial charge is 0.360 e. The number of aryl methyl sites for hydroxylation is 1. The second kappa shape index (κ2) is 8.21. The molecule has 1 unspecified atom stereocenters. The van der Waals surface area contributed by atoms with Crippen LogP contribution in [-0.2, 0) is 11.2 Å². The Labute approximate surface area is 144 Å². The molecule has 0 bridgehead atoms. The lowest BCUT2D eigenvalue weighted by Crippen LogP contribution is -2.40. The summed E-state index contributed by atoms with van der Waals surface area (Å²) in [7, 11) is 0. The molecule has 0 fully saturated rings. The number of carboxylic acid groups (broad SMARTS) is 1. The predicted octanol–water partition coefficient (Wildman–Crippen LogP) is 4.14. The van der Waals surface area contributed by atoms with Crippen LogP contribution in [0.25, 0.3) is 0 Å². The fourth-order valence-electron chi connectivity index (χ4n) is 1.97. The first-order chi connectivity index (χ1) is 11.5. The van der Waals surface area contributed by atoms with E-state index in [0.717, 1.165) is 11.1 Å². The molecule has 0 aliphatic heterocycles. The van der Waals surface area contributed by atoms with Gasteiger partial charge in [-0.05, 0) is 30.2 Å². The minimum absolute atomic E-state index is 0.161. The second-order valence-corrected chi connectivity index (χ2v) is 5.57. The Bertz CT molecular complexity index is 763. The molecule has 2 amide bonds. The van der Waals surface area contributed by atoms with Gasteiger partial charge in [-0.15, -0.1) is 5.11 Å². The number of nitrogens with zero attached hydrogens (tertiary/aromatic N) is 2. The first-order valence-corrected chi connectivity index (χ1v) is 7.58. The fraction of sp³-hybridized carbons (Fsp3) is 0.176. The molecule has 6 nitrogen and oxygen atoms in total. The predicted molar refractivity (Wildman–Crippen MR) is 90.8 cm³/mol. The van der Waals surface area contributed by atoms with Crippen LogP contribution in [0.4, 0.5) is 10.5 Å². The highest BCUT2D eigenvalue weighted by Crippen LogP contribution is 2.22. The molecule has 0 aromatic heterocycles. The van der Waals surface area contributed by atoms with Crippen molar-refractivity contribution in [3.63, 3.8) is 0 Å². The molecule has 2 aromatic carbocycles. The molecule has 124 valence electrons. The standard InChI is InChI=1S/C17H16ClN3O3/c1-11-7-8-13(10-14(11)18)20-21-17(24)19-15(16(22)23)9-12-5-3-2-4-6-12/h2-8,10,15H,9H2,1H3,(H,19,24)(H,22,23)/b21-20+. The molecule has 0 heterocycles. The van der Waals surface area contributed by atoms with Crippen molar-refractivity contribution in [2.24, 2.45) is 10.2 Å². The molecular weight excluding hydrogens is 330 g/mol. The molecule has 0 spiro atoms. The zero-order chi connectivity index (χ0) is 17.5. The topological polar surface area (TPSA) is 91.1 Å². The van der Waals surface area contributed by atoms with Gasteiger partial charge < -0.3 is 10.4 Å². The minimum atomic E-state index is -1.14. The molecule has 0 aliphatic carbocycles. The maximum absolute atomic E-state index is 11.8. The van der Waals surface area contributed by atoms with Gasteiger partial charge in [-0.25, -0.2) is 9.59 Å². The Morgan fingerprint density at radius 2 is 1.92 bits per heavy atom. The molecule has 0 aliphatic rings. The van der Waals surface area contributed by atoms with Gasteiger partial charge in [-0.2, -0.15) is 0 Å². The molecule has 24 heavy (non-hydrogen) atoms. The zero-order valence-corrected chi connectivity index (χ0v) is 13.7. The fourth-order valence-corrected chi connectivity index (χ4v) is 2.15. The van der Waals surface area contributed by atoms with Gasteiger partial charge in [0.2, 0.25) is 0 Å². The van der Waals surface area contributed by atoms with Gasteiger partial charge in [0.15, 0.2) is 0 Å². The highest BCUT2D eigenvalue weighted by Gasteiger charge is 2.20. The van der Waals surface area contributed by atoms with Gasteiger partial charge >= 0.3 is 12.0 Å². The van der Waals surface area contributed by atoms with E-state index < -0.39 is 18.0 Å². The largest absolute Gasteiger partial charge is 0.480 e. The molecule has 7 heteroatoms. The van der Waals surface area contributed by atoms with Crippen molar-refractivity contribution < 1.29 is 14.7 Å².